The van der Waals surface area contributed by atoms with Crippen molar-refractivity contribution in [2.45, 2.75) is 31.8 Å². The third kappa shape index (κ3) is 3.07. The minimum absolute atomic E-state index is 0.0134. The Hall–Kier alpha value is -1.67. The van der Waals surface area contributed by atoms with Crippen LogP contribution in [0.5, 0.6) is 0 Å². The fourth-order valence-electron chi connectivity index (χ4n) is 1.97. The first-order valence-electron chi connectivity index (χ1n) is 6.25. The number of amides is 2. The van der Waals surface area contributed by atoms with Crippen LogP contribution in [0.2, 0.25) is 0 Å². The lowest BCUT2D eigenvalue weighted by molar-refractivity contribution is -0.144. The van der Waals surface area contributed by atoms with Crippen molar-refractivity contribution in [3.63, 3.8) is 0 Å². The van der Waals surface area contributed by atoms with Gasteiger partial charge in [-0.05, 0) is 13.8 Å². The zero-order chi connectivity index (χ0) is 14.8. The third-order valence-electron chi connectivity index (χ3n) is 3.14. The normalized spacial score (nSPS) is 23.3. The van der Waals surface area contributed by atoms with Gasteiger partial charge >= 0.3 is 12.0 Å². The first kappa shape index (κ1) is 14.7. The van der Waals surface area contributed by atoms with Gasteiger partial charge in [-0.15, -0.1) is 11.3 Å². The molecule has 0 saturated carbocycles. The molecule has 0 aliphatic carbocycles. The van der Waals surface area contributed by atoms with E-state index >= 15 is 0 Å². The second-order valence-electron chi connectivity index (χ2n) is 4.84. The first-order valence-corrected chi connectivity index (χ1v) is 7.13. The summed E-state index contributed by atoms with van der Waals surface area (Å²) in [6, 6.07) is -0.805. The van der Waals surface area contributed by atoms with E-state index in [-0.39, 0.29) is 19.1 Å². The van der Waals surface area contributed by atoms with Crippen LogP contribution in [0.15, 0.2) is 5.38 Å². The molecule has 1 aliphatic rings. The Kier molecular flexibility index (Phi) is 4.24. The number of aromatic nitrogens is 1. The number of rotatable bonds is 4. The largest absolute Gasteiger partial charge is 0.479 e. The van der Waals surface area contributed by atoms with Crippen LogP contribution in [0, 0.1) is 6.92 Å². The maximum absolute atomic E-state index is 11.9. The topological polar surface area (TPSA) is 101 Å². The van der Waals surface area contributed by atoms with Crippen LogP contribution >= 0.6 is 11.3 Å². The molecule has 8 heteroatoms. The molecular weight excluding hydrogens is 282 g/mol. The second-order valence-corrected chi connectivity index (χ2v) is 5.73. The Labute approximate surface area is 120 Å². The van der Waals surface area contributed by atoms with E-state index in [4.69, 9.17) is 4.74 Å². The summed E-state index contributed by atoms with van der Waals surface area (Å²) >= 11 is 1.45. The van der Waals surface area contributed by atoms with E-state index in [1.165, 1.54) is 11.3 Å². The van der Waals surface area contributed by atoms with Crippen molar-refractivity contribution in [1.82, 2.24) is 15.6 Å². The van der Waals surface area contributed by atoms with Gasteiger partial charge in [-0.1, -0.05) is 0 Å². The van der Waals surface area contributed by atoms with Gasteiger partial charge in [0.1, 0.15) is 5.01 Å². The van der Waals surface area contributed by atoms with E-state index in [2.05, 4.69) is 15.6 Å². The summed E-state index contributed by atoms with van der Waals surface area (Å²) in [5.41, 5.74) is -0.437. The average molecular weight is 299 g/mol. The molecule has 1 aromatic heterocycles. The monoisotopic (exact) mass is 299 g/mol. The van der Waals surface area contributed by atoms with Crippen molar-refractivity contribution < 1.29 is 19.4 Å². The van der Waals surface area contributed by atoms with Crippen molar-refractivity contribution in [1.29, 1.82) is 0 Å². The molecule has 1 aromatic rings. The second kappa shape index (κ2) is 5.76. The Morgan fingerprint density at radius 3 is 2.85 bits per heavy atom. The number of aliphatic carboxylic acids is 1. The highest BCUT2D eigenvalue weighted by atomic mass is 32.1. The van der Waals surface area contributed by atoms with Gasteiger partial charge in [0.25, 0.3) is 0 Å². The number of nitrogens with one attached hydrogen (secondary N) is 2. The maximum Gasteiger partial charge on any atom is 0.332 e. The van der Waals surface area contributed by atoms with Gasteiger partial charge in [-0.25, -0.2) is 14.6 Å². The molecular formula is C12H17N3O4S. The van der Waals surface area contributed by atoms with Crippen LogP contribution in [0.4, 0.5) is 4.79 Å². The molecule has 1 fully saturated rings. The van der Waals surface area contributed by atoms with Crippen molar-refractivity contribution in [3.05, 3.63) is 16.1 Å². The fraction of sp³-hybridized carbons (Fsp3) is 0.583. The lowest BCUT2D eigenvalue weighted by Crippen LogP contribution is -2.57. The summed E-state index contributed by atoms with van der Waals surface area (Å²) in [6.45, 7) is 3.99. The number of hydrogen-bond donors (Lipinski definition) is 3. The molecule has 2 unspecified atom stereocenters. The molecule has 110 valence electrons. The van der Waals surface area contributed by atoms with Crippen LogP contribution in [-0.4, -0.2) is 40.8 Å². The van der Waals surface area contributed by atoms with Crippen LogP contribution in [-0.2, 0) is 9.53 Å². The van der Waals surface area contributed by atoms with Gasteiger partial charge < -0.3 is 20.5 Å². The van der Waals surface area contributed by atoms with E-state index in [9.17, 15) is 14.7 Å². The Bertz CT molecular complexity index is 511. The van der Waals surface area contributed by atoms with E-state index < -0.39 is 17.5 Å². The molecule has 0 radical (unpaired) electrons. The van der Waals surface area contributed by atoms with E-state index in [0.717, 1.165) is 10.7 Å². The van der Waals surface area contributed by atoms with Crippen LogP contribution in [0.1, 0.15) is 30.1 Å². The molecule has 0 bridgehead atoms. The van der Waals surface area contributed by atoms with Gasteiger partial charge in [0, 0.05) is 24.1 Å². The molecule has 2 amide bonds. The maximum atomic E-state index is 11.9. The molecule has 20 heavy (non-hydrogen) atoms. The highest BCUT2D eigenvalue weighted by Crippen LogP contribution is 2.20. The smallest absolute Gasteiger partial charge is 0.332 e. The Morgan fingerprint density at radius 1 is 1.60 bits per heavy atom. The number of carboxylic acid groups (broad SMARTS) is 1. The summed E-state index contributed by atoms with van der Waals surface area (Å²) in [7, 11) is 0. The van der Waals surface area contributed by atoms with Gasteiger partial charge in [0.05, 0.1) is 12.6 Å². The van der Waals surface area contributed by atoms with Crippen molar-refractivity contribution in [3.8, 4) is 0 Å². The lowest BCUT2D eigenvalue weighted by atomic mass is 9.99. The number of carbonyl (C=O) groups is 2. The Balaban J connectivity index is 1.96. The van der Waals surface area contributed by atoms with Crippen LogP contribution < -0.4 is 10.6 Å². The minimum Gasteiger partial charge on any atom is -0.479 e. The highest BCUT2D eigenvalue weighted by molar-refractivity contribution is 7.09. The molecule has 7 nitrogen and oxygen atoms in total. The van der Waals surface area contributed by atoms with Gasteiger partial charge in [0.15, 0.2) is 5.54 Å². The van der Waals surface area contributed by atoms with E-state index in [1.54, 1.807) is 6.92 Å². The molecule has 0 aromatic carbocycles. The number of urea groups is 1. The van der Waals surface area contributed by atoms with Crippen molar-refractivity contribution >= 4 is 23.3 Å². The van der Waals surface area contributed by atoms with Gasteiger partial charge in [-0.2, -0.15) is 0 Å². The summed E-state index contributed by atoms with van der Waals surface area (Å²) in [5, 5.41) is 17.1. The lowest BCUT2D eigenvalue weighted by Gasteiger charge is -2.24. The highest BCUT2D eigenvalue weighted by Gasteiger charge is 2.44. The van der Waals surface area contributed by atoms with Crippen molar-refractivity contribution in [2.75, 3.05) is 13.2 Å². The zero-order valence-electron chi connectivity index (χ0n) is 11.3. The summed E-state index contributed by atoms with van der Waals surface area (Å²) in [6.07, 6.45) is 0.264. The molecule has 2 heterocycles. The van der Waals surface area contributed by atoms with Crippen LogP contribution in [0.3, 0.4) is 0 Å². The Morgan fingerprint density at radius 2 is 2.35 bits per heavy atom. The van der Waals surface area contributed by atoms with Gasteiger partial charge in [0.2, 0.25) is 0 Å². The number of carboxylic acids is 1. The first-order chi connectivity index (χ1) is 9.43. The fourth-order valence-corrected chi connectivity index (χ4v) is 2.77. The van der Waals surface area contributed by atoms with Crippen molar-refractivity contribution in [2.24, 2.45) is 0 Å². The number of hydrogen-bond acceptors (Lipinski definition) is 5. The molecule has 2 atom stereocenters. The molecule has 2 rings (SSSR count). The number of ether oxygens (including phenoxy) is 1. The number of carbonyl (C=O) groups excluding carboxylic acids is 1. The number of thiazole rings is 1. The average Bonchev–Trinajstić information content (AvgIpc) is 2.98. The summed E-state index contributed by atoms with van der Waals surface area (Å²) < 4.78 is 5.08. The molecule has 0 spiro atoms. The zero-order valence-corrected chi connectivity index (χ0v) is 12.1. The molecule has 1 aliphatic heterocycles. The SMILES string of the molecule is Cc1csc(C(C)NC(=O)NC2(C(=O)O)CCOC2)n1. The molecule has 1 saturated heterocycles. The number of nitrogens with zero attached hydrogens (tertiary/aromatic N) is 1. The van der Waals surface area contributed by atoms with E-state index in [0.29, 0.717) is 6.61 Å². The third-order valence-corrected chi connectivity index (χ3v) is 4.28. The minimum atomic E-state index is -1.33. The van der Waals surface area contributed by atoms with Gasteiger partial charge in [-0.3, -0.25) is 0 Å². The predicted molar refractivity (Wildman–Crippen MR) is 72.7 cm³/mol. The molecule has 3 N–H and O–H groups in total. The summed E-state index contributed by atoms with van der Waals surface area (Å²) in [5.74, 6) is -1.08. The quantitative estimate of drug-likeness (QED) is 0.771. The number of aryl methyl sites for hydroxylation is 1. The predicted octanol–water partition coefficient (Wildman–Crippen LogP) is 1.06. The van der Waals surface area contributed by atoms with E-state index in [1.807, 2.05) is 12.3 Å². The summed E-state index contributed by atoms with van der Waals surface area (Å²) in [4.78, 5) is 27.5. The van der Waals surface area contributed by atoms with Crippen LogP contribution in [0.25, 0.3) is 0 Å². The standard InChI is InChI=1S/C12H17N3O4S/c1-7-5-20-9(13-7)8(2)14-11(18)15-12(10(16)17)3-4-19-6-12/h5,8H,3-4,6H2,1-2H3,(H,16,17)(H2,14,15,18).